The fraction of sp³-hybridized carbons (Fsp3) is 0.421. The number of esters is 1. The van der Waals surface area contributed by atoms with Crippen LogP contribution in [0.4, 0.5) is 5.00 Å². The molecule has 0 aromatic carbocycles. The number of hydrogen-bond donors (Lipinski definition) is 1. The number of rotatable bonds is 5. The Bertz CT molecular complexity index is 897. The largest absolute Gasteiger partial charge is 0.462 e. The van der Waals surface area contributed by atoms with Gasteiger partial charge in [0.2, 0.25) is 5.91 Å². The molecule has 0 atom stereocenters. The van der Waals surface area contributed by atoms with Crippen molar-refractivity contribution in [3.63, 3.8) is 0 Å². The minimum atomic E-state index is -0.394. The SMILES string of the molecule is CCOC(=O)c1c(NC(=O)Cn2ccc(C)cc2=O)sc2c1CCCC2. The van der Waals surface area contributed by atoms with Crippen LogP contribution < -0.4 is 10.9 Å². The van der Waals surface area contributed by atoms with E-state index >= 15 is 0 Å². The minimum Gasteiger partial charge on any atom is -0.462 e. The monoisotopic (exact) mass is 374 g/mol. The van der Waals surface area contributed by atoms with E-state index in [1.54, 1.807) is 19.2 Å². The molecule has 138 valence electrons. The van der Waals surface area contributed by atoms with Gasteiger partial charge in [0, 0.05) is 17.1 Å². The van der Waals surface area contributed by atoms with Gasteiger partial charge in [0.15, 0.2) is 0 Å². The lowest BCUT2D eigenvalue weighted by atomic mass is 9.95. The maximum Gasteiger partial charge on any atom is 0.341 e. The van der Waals surface area contributed by atoms with Crippen molar-refractivity contribution < 1.29 is 14.3 Å². The van der Waals surface area contributed by atoms with Gasteiger partial charge in [0.25, 0.3) is 5.56 Å². The molecule has 1 aliphatic rings. The first-order valence-corrected chi connectivity index (χ1v) is 9.60. The fourth-order valence-corrected chi connectivity index (χ4v) is 4.43. The zero-order valence-electron chi connectivity index (χ0n) is 15.0. The highest BCUT2D eigenvalue weighted by atomic mass is 32.1. The number of aryl methyl sites for hydroxylation is 2. The molecule has 26 heavy (non-hydrogen) atoms. The molecular weight excluding hydrogens is 352 g/mol. The van der Waals surface area contributed by atoms with Crippen LogP contribution in [0.3, 0.4) is 0 Å². The Morgan fingerprint density at radius 3 is 2.81 bits per heavy atom. The van der Waals surface area contributed by atoms with Gasteiger partial charge < -0.3 is 14.6 Å². The zero-order chi connectivity index (χ0) is 18.7. The summed E-state index contributed by atoms with van der Waals surface area (Å²) in [5.41, 5.74) is 2.11. The van der Waals surface area contributed by atoms with Crippen LogP contribution in [-0.4, -0.2) is 23.1 Å². The molecule has 1 N–H and O–H groups in total. The van der Waals surface area contributed by atoms with Gasteiger partial charge >= 0.3 is 5.97 Å². The molecule has 1 aliphatic carbocycles. The molecule has 0 aliphatic heterocycles. The summed E-state index contributed by atoms with van der Waals surface area (Å²) in [6.45, 7) is 3.78. The second kappa shape index (κ2) is 7.86. The molecule has 2 aromatic heterocycles. The van der Waals surface area contributed by atoms with Crippen molar-refractivity contribution in [1.29, 1.82) is 0 Å². The van der Waals surface area contributed by atoms with Gasteiger partial charge in [-0.15, -0.1) is 11.3 Å². The molecule has 2 heterocycles. The normalized spacial score (nSPS) is 13.2. The van der Waals surface area contributed by atoms with Gasteiger partial charge in [-0.05, 0) is 56.7 Å². The van der Waals surface area contributed by atoms with Crippen molar-refractivity contribution >= 4 is 28.2 Å². The van der Waals surface area contributed by atoms with E-state index in [-0.39, 0.29) is 24.6 Å². The Morgan fingerprint density at radius 2 is 2.08 bits per heavy atom. The summed E-state index contributed by atoms with van der Waals surface area (Å²) in [4.78, 5) is 38.0. The molecule has 0 saturated carbocycles. The number of aromatic nitrogens is 1. The predicted molar refractivity (Wildman–Crippen MR) is 101 cm³/mol. The Balaban J connectivity index is 1.84. The molecule has 0 spiro atoms. The summed E-state index contributed by atoms with van der Waals surface area (Å²) >= 11 is 1.44. The second-order valence-corrected chi connectivity index (χ2v) is 7.46. The quantitative estimate of drug-likeness (QED) is 0.817. The number of nitrogens with one attached hydrogen (secondary N) is 1. The van der Waals surface area contributed by atoms with Crippen LogP contribution >= 0.6 is 11.3 Å². The molecule has 0 fully saturated rings. The van der Waals surface area contributed by atoms with E-state index in [4.69, 9.17) is 4.74 Å². The van der Waals surface area contributed by atoms with Gasteiger partial charge in [0.05, 0.1) is 12.2 Å². The summed E-state index contributed by atoms with van der Waals surface area (Å²) < 4.78 is 6.53. The van der Waals surface area contributed by atoms with Crippen LogP contribution in [-0.2, 0) is 28.9 Å². The van der Waals surface area contributed by atoms with E-state index in [9.17, 15) is 14.4 Å². The number of amides is 1. The third-order valence-electron chi connectivity index (χ3n) is 4.37. The zero-order valence-corrected chi connectivity index (χ0v) is 15.8. The van der Waals surface area contributed by atoms with Gasteiger partial charge in [0.1, 0.15) is 11.5 Å². The van der Waals surface area contributed by atoms with Crippen molar-refractivity contribution in [2.75, 3.05) is 11.9 Å². The van der Waals surface area contributed by atoms with Crippen LogP contribution in [0.15, 0.2) is 23.1 Å². The summed E-state index contributed by atoms with van der Waals surface area (Å²) in [5.74, 6) is -0.727. The number of anilines is 1. The smallest absolute Gasteiger partial charge is 0.341 e. The van der Waals surface area contributed by atoms with E-state index < -0.39 is 5.97 Å². The summed E-state index contributed by atoms with van der Waals surface area (Å²) in [6.07, 6.45) is 5.46. The number of ether oxygens (including phenoxy) is 1. The highest BCUT2D eigenvalue weighted by Crippen LogP contribution is 2.38. The molecule has 2 aromatic rings. The number of fused-ring (bicyclic) bond motifs is 1. The molecule has 1 amide bonds. The lowest BCUT2D eigenvalue weighted by Gasteiger charge is -2.12. The van der Waals surface area contributed by atoms with Gasteiger partial charge in [-0.2, -0.15) is 0 Å². The Kier molecular flexibility index (Phi) is 5.56. The van der Waals surface area contributed by atoms with E-state index in [1.807, 2.05) is 6.92 Å². The van der Waals surface area contributed by atoms with Crippen LogP contribution in [0.25, 0.3) is 0 Å². The maximum absolute atomic E-state index is 12.4. The number of thiophene rings is 1. The number of hydrogen-bond acceptors (Lipinski definition) is 5. The van der Waals surface area contributed by atoms with Crippen LogP contribution in [0.1, 0.15) is 46.1 Å². The number of carbonyl (C=O) groups excluding carboxylic acids is 2. The summed E-state index contributed by atoms with van der Waals surface area (Å²) in [7, 11) is 0. The number of nitrogens with zero attached hydrogens (tertiary/aromatic N) is 1. The maximum atomic E-state index is 12.4. The van der Waals surface area contributed by atoms with Gasteiger partial charge in [-0.3, -0.25) is 9.59 Å². The van der Waals surface area contributed by atoms with Crippen LogP contribution in [0.5, 0.6) is 0 Å². The van der Waals surface area contributed by atoms with E-state index in [1.165, 1.54) is 22.0 Å². The molecular formula is C19H22N2O4S. The van der Waals surface area contributed by atoms with Crippen LogP contribution in [0, 0.1) is 6.92 Å². The van der Waals surface area contributed by atoms with Gasteiger partial charge in [-0.25, -0.2) is 4.79 Å². The average Bonchev–Trinajstić information content (AvgIpc) is 2.95. The highest BCUT2D eigenvalue weighted by Gasteiger charge is 2.27. The van der Waals surface area contributed by atoms with Crippen LogP contribution in [0.2, 0.25) is 0 Å². The minimum absolute atomic E-state index is 0.0933. The van der Waals surface area contributed by atoms with Crippen molar-refractivity contribution in [3.05, 3.63) is 50.3 Å². The van der Waals surface area contributed by atoms with Gasteiger partial charge in [-0.1, -0.05) is 0 Å². The third-order valence-corrected chi connectivity index (χ3v) is 5.58. The summed E-state index contributed by atoms with van der Waals surface area (Å²) in [5, 5.41) is 3.34. The topological polar surface area (TPSA) is 77.4 Å². The Hall–Kier alpha value is -2.41. The highest BCUT2D eigenvalue weighted by molar-refractivity contribution is 7.17. The first kappa shape index (κ1) is 18.4. The molecule has 0 radical (unpaired) electrons. The Morgan fingerprint density at radius 1 is 1.31 bits per heavy atom. The molecule has 7 heteroatoms. The third kappa shape index (κ3) is 3.88. The van der Waals surface area contributed by atoms with E-state index in [0.29, 0.717) is 10.6 Å². The molecule has 6 nitrogen and oxygen atoms in total. The number of carbonyl (C=O) groups is 2. The number of pyridine rings is 1. The van der Waals surface area contributed by atoms with E-state index in [0.717, 1.165) is 41.7 Å². The first-order chi connectivity index (χ1) is 12.5. The van der Waals surface area contributed by atoms with Crippen molar-refractivity contribution in [2.24, 2.45) is 0 Å². The Labute approximate surface area is 155 Å². The fourth-order valence-electron chi connectivity index (χ4n) is 3.13. The second-order valence-electron chi connectivity index (χ2n) is 6.35. The predicted octanol–water partition coefficient (Wildman–Crippen LogP) is 2.91. The summed E-state index contributed by atoms with van der Waals surface area (Å²) in [6, 6.07) is 3.27. The average molecular weight is 374 g/mol. The molecule has 3 rings (SSSR count). The lowest BCUT2D eigenvalue weighted by molar-refractivity contribution is -0.116. The molecule has 0 bridgehead atoms. The lowest BCUT2D eigenvalue weighted by Crippen LogP contribution is -2.27. The standard InChI is InChI=1S/C19H22N2O4S/c1-3-25-19(24)17-13-6-4-5-7-14(13)26-18(17)20-15(22)11-21-9-8-12(2)10-16(21)23/h8-10H,3-7,11H2,1-2H3,(H,20,22). The molecule has 0 unspecified atom stereocenters. The van der Waals surface area contributed by atoms with Crippen molar-refractivity contribution in [2.45, 2.75) is 46.1 Å². The van der Waals surface area contributed by atoms with Crippen molar-refractivity contribution in [1.82, 2.24) is 4.57 Å². The first-order valence-electron chi connectivity index (χ1n) is 8.78. The van der Waals surface area contributed by atoms with Crippen molar-refractivity contribution in [3.8, 4) is 0 Å². The molecule has 0 saturated heterocycles. The van der Waals surface area contributed by atoms with E-state index in [2.05, 4.69) is 5.32 Å².